The molecule has 0 amide bonds. The third kappa shape index (κ3) is 2.76. The summed E-state index contributed by atoms with van der Waals surface area (Å²) in [5.74, 6) is -0.361. The SMILES string of the molecule is C[C@H](O)[C@H](N)c1cc(F)cc(Br)c1. The molecule has 3 N–H and O–H groups in total. The molecule has 0 saturated heterocycles. The van der Waals surface area contributed by atoms with Crippen LogP contribution in [0.3, 0.4) is 0 Å². The van der Waals surface area contributed by atoms with Gasteiger partial charge in [-0.15, -0.1) is 0 Å². The van der Waals surface area contributed by atoms with Crippen LogP contribution in [-0.4, -0.2) is 11.2 Å². The lowest BCUT2D eigenvalue weighted by atomic mass is 10.0. The summed E-state index contributed by atoms with van der Waals surface area (Å²) in [7, 11) is 0. The summed E-state index contributed by atoms with van der Waals surface area (Å²) in [6.07, 6.45) is -0.686. The highest BCUT2D eigenvalue weighted by molar-refractivity contribution is 9.10. The van der Waals surface area contributed by atoms with Gasteiger partial charge in [-0.25, -0.2) is 4.39 Å². The number of rotatable bonds is 2. The van der Waals surface area contributed by atoms with Crippen LogP contribution < -0.4 is 5.73 Å². The Kier molecular flexibility index (Phi) is 3.41. The van der Waals surface area contributed by atoms with E-state index in [0.717, 1.165) is 0 Å². The van der Waals surface area contributed by atoms with E-state index >= 15 is 0 Å². The fourth-order valence-corrected chi connectivity index (χ4v) is 1.53. The van der Waals surface area contributed by atoms with Crippen LogP contribution in [0.4, 0.5) is 4.39 Å². The molecular weight excluding hydrogens is 237 g/mol. The summed E-state index contributed by atoms with van der Waals surface area (Å²) in [6, 6.07) is 3.81. The zero-order valence-electron chi connectivity index (χ0n) is 7.17. The molecule has 1 aromatic carbocycles. The van der Waals surface area contributed by atoms with Crippen LogP contribution in [0.15, 0.2) is 22.7 Å². The Morgan fingerprint density at radius 2 is 2.08 bits per heavy atom. The number of benzene rings is 1. The van der Waals surface area contributed by atoms with Crippen LogP contribution in [0.5, 0.6) is 0 Å². The van der Waals surface area contributed by atoms with E-state index in [-0.39, 0.29) is 5.82 Å². The van der Waals surface area contributed by atoms with E-state index in [1.54, 1.807) is 13.0 Å². The molecular formula is C9H11BrFNO. The van der Waals surface area contributed by atoms with Crippen molar-refractivity contribution in [3.05, 3.63) is 34.1 Å². The zero-order chi connectivity index (χ0) is 10.0. The lowest BCUT2D eigenvalue weighted by Gasteiger charge is -2.15. The molecule has 2 nitrogen and oxygen atoms in total. The summed E-state index contributed by atoms with van der Waals surface area (Å²) >= 11 is 3.15. The van der Waals surface area contributed by atoms with E-state index in [9.17, 15) is 9.50 Å². The van der Waals surface area contributed by atoms with Gasteiger partial charge in [-0.05, 0) is 30.7 Å². The summed E-state index contributed by atoms with van der Waals surface area (Å²) < 4.78 is 13.5. The smallest absolute Gasteiger partial charge is 0.124 e. The Morgan fingerprint density at radius 3 is 2.54 bits per heavy atom. The van der Waals surface area contributed by atoms with E-state index in [0.29, 0.717) is 10.0 Å². The molecule has 1 aromatic rings. The van der Waals surface area contributed by atoms with Crippen molar-refractivity contribution >= 4 is 15.9 Å². The maximum atomic E-state index is 12.9. The quantitative estimate of drug-likeness (QED) is 0.840. The van der Waals surface area contributed by atoms with Crippen molar-refractivity contribution in [2.24, 2.45) is 5.73 Å². The highest BCUT2D eigenvalue weighted by atomic mass is 79.9. The summed E-state index contributed by atoms with van der Waals surface area (Å²) in [6.45, 7) is 1.57. The van der Waals surface area contributed by atoms with Crippen LogP contribution >= 0.6 is 15.9 Å². The first-order chi connectivity index (χ1) is 6.00. The predicted molar refractivity (Wildman–Crippen MR) is 52.7 cm³/mol. The van der Waals surface area contributed by atoms with Gasteiger partial charge in [-0.3, -0.25) is 0 Å². The van der Waals surface area contributed by atoms with Crippen molar-refractivity contribution in [3.8, 4) is 0 Å². The third-order valence-electron chi connectivity index (χ3n) is 1.79. The highest BCUT2D eigenvalue weighted by Crippen LogP contribution is 2.20. The monoisotopic (exact) mass is 247 g/mol. The van der Waals surface area contributed by atoms with Crippen LogP contribution in [0.2, 0.25) is 0 Å². The van der Waals surface area contributed by atoms with Crippen LogP contribution in [0.1, 0.15) is 18.5 Å². The molecule has 0 radical (unpaired) electrons. The Bertz CT molecular complexity index is 283. The molecule has 72 valence electrons. The molecule has 0 heterocycles. The number of halogens is 2. The molecule has 0 aliphatic carbocycles. The third-order valence-corrected chi connectivity index (χ3v) is 2.25. The second kappa shape index (κ2) is 4.17. The van der Waals surface area contributed by atoms with Gasteiger partial charge in [0, 0.05) is 4.47 Å². The van der Waals surface area contributed by atoms with Gasteiger partial charge in [0.15, 0.2) is 0 Å². The van der Waals surface area contributed by atoms with Gasteiger partial charge in [-0.1, -0.05) is 15.9 Å². The first-order valence-corrected chi connectivity index (χ1v) is 4.69. The molecule has 0 fully saturated rings. The average molecular weight is 248 g/mol. The van der Waals surface area contributed by atoms with Gasteiger partial charge in [0.05, 0.1) is 12.1 Å². The molecule has 0 saturated carbocycles. The molecule has 0 aromatic heterocycles. The van der Waals surface area contributed by atoms with Crippen LogP contribution in [0, 0.1) is 5.82 Å². The van der Waals surface area contributed by atoms with Crippen molar-refractivity contribution in [2.45, 2.75) is 19.1 Å². The molecule has 0 unspecified atom stereocenters. The predicted octanol–water partition coefficient (Wildman–Crippen LogP) is 1.97. The van der Waals surface area contributed by atoms with Crippen molar-refractivity contribution in [2.75, 3.05) is 0 Å². The second-order valence-electron chi connectivity index (χ2n) is 2.97. The second-order valence-corrected chi connectivity index (χ2v) is 3.88. The Hall–Kier alpha value is -0.450. The minimum atomic E-state index is -0.686. The Morgan fingerprint density at radius 1 is 1.46 bits per heavy atom. The highest BCUT2D eigenvalue weighted by Gasteiger charge is 2.13. The van der Waals surface area contributed by atoms with Gasteiger partial charge >= 0.3 is 0 Å². The molecule has 0 bridgehead atoms. The van der Waals surface area contributed by atoms with E-state index in [4.69, 9.17) is 5.73 Å². The standard InChI is InChI=1S/C9H11BrFNO/c1-5(13)9(12)6-2-7(10)4-8(11)3-6/h2-5,9,13H,12H2,1H3/t5-,9-/m0/s1. The fraction of sp³-hybridized carbons (Fsp3) is 0.333. The number of aliphatic hydroxyl groups excluding tert-OH is 1. The van der Waals surface area contributed by atoms with Crippen molar-refractivity contribution in [3.63, 3.8) is 0 Å². The van der Waals surface area contributed by atoms with Gasteiger partial charge in [0.2, 0.25) is 0 Å². The number of aliphatic hydroxyl groups is 1. The van der Waals surface area contributed by atoms with E-state index in [1.807, 2.05) is 0 Å². The first kappa shape index (κ1) is 10.6. The average Bonchev–Trinajstić information content (AvgIpc) is 2.01. The largest absolute Gasteiger partial charge is 0.391 e. The molecule has 13 heavy (non-hydrogen) atoms. The van der Waals surface area contributed by atoms with Gasteiger partial charge in [-0.2, -0.15) is 0 Å². The van der Waals surface area contributed by atoms with Crippen molar-refractivity contribution in [1.82, 2.24) is 0 Å². The molecule has 2 atom stereocenters. The number of hydrogen-bond donors (Lipinski definition) is 2. The summed E-state index contributed by atoms with van der Waals surface area (Å²) in [5, 5.41) is 9.19. The molecule has 0 aliphatic heterocycles. The Labute approximate surface area is 84.7 Å². The van der Waals surface area contributed by atoms with E-state index in [2.05, 4.69) is 15.9 Å². The molecule has 0 spiro atoms. The first-order valence-electron chi connectivity index (χ1n) is 3.90. The zero-order valence-corrected chi connectivity index (χ0v) is 8.75. The normalized spacial score (nSPS) is 15.5. The maximum Gasteiger partial charge on any atom is 0.124 e. The number of nitrogens with two attached hydrogens (primary N) is 1. The van der Waals surface area contributed by atoms with Gasteiger partial charge in [0.1, 0.15) is 5.82 Å². The summed E-state index contributed by atoms with van der Waals surface area (Å²) in [4.78, 5) is 0. The number of hydrogen-bond acceptors (Lipinski definition) is 2. The minimum Gasteiger partial charge on any atom is -0.391 e. The molecule has 4 heteroatoms. The van der Waals surface area contributed by atoms with Gasteiger partial charge in [0.25, 0.3) is 0 Å². The Balaban J connectivity index is 3.01. The summed E-state index contributed by atoms with van der Waals surface area (Å²) in [5.41, 5.74) is 6.22. The van der Waals surface area contributed by atoms with Gasteiger partial charge < -0.3 is 10.8 Å². The van der Waals surface area contributed by atoms with E-state index in [1.165, 1.54) is 12.1 Å². The topological polar surface area (TPSA) is 46.2 Å². The van der Waals surface area contributed by atoms with E-state index < -0.39 is 12.1 Å². The lowest BCUT2D eigenvalue weighted by molar-refractivity contribution is 0.164. The molecule has 1 rings (SSSR count). The molecule has 0 aliphatic rings. The van der Waals surface area contributed by atoms with Crippen molar-refractivity contribution < 1.29 is 9.50 Å². The van der Waals surface area contributed by atoms with Crippen LogP contribution in [0.25, 0.3) is 0 Å². The van der Waals surface area contributed by atoms with Crippen molar-refractivity contribution in [1.29, 1.82) is 0 Å². The van der Waals surface area contributed by atoms with Crippen LogP contribution in [-0.2, 0) is 0 Å². The maximum absolute atomic E-state index is 12.9. The minimum absolute atomic E-state index is 0.361. The lowest BCUT2D eigenvalue weighted by Crippen LogP contribution is -2.23. The fourth-order valence-electron chi connectivity index (χ4n) is 1.05.